The zero-order valence-corrected chi connectivity index (χ0v) is 10.3. The second kappa shape index (κ2) is 6.61. The van der Waals surface area contributed by atoms with Crippen molar-refractivity contribution in [1.82, 2.24) is 5.43 Å². The van der Waals surface area contributed by atoms with Crippen molar-refractivity contribution in [1.29, 1.82) is 0 Å². The number of benzene rings is 1. The van der Waals surface area contributed by atoms with Gasteiger partial charge in [-0.2, -0.15) is 5.10 Å². The van der Waals surface area contributed by atoms with Crippen molar-refractivity contribution in [3.8, 4) is 11.5 Å². The number of carbonyl (C=O) groups is 1. The quantitative estimate of drug-likeness (QED) is 0.529. The van der Waals surface area contributed by atoms with Gasteiger partial charge >= 0.3 is 0 Å². The normalized spacial score (nSPS) is 12.4. The molecule has 0 saturated carbocycles. The zero-order chi connectivity index (χ0) is 13.5. The largest absolute Gasteiger partial charge is 0.504 e. The molecule has 6 nitrogen and oxygen atoms in total. The summed E-state index contributed by atoms with van der Waals surface area (Å²) in [6.07, 6.45) is 0.715. The molecule has 1 rings (SSSR count). The molecular formula is C12H16N2O4. The van der Waals surface area contributed by atoms with Crippen LogP contribution in [0.15, 0.2) is 23.3 Å². The standard InChI is InChI=1S/C12H16N2O4/c1-8(15)5-12(17)14-13-7-9-3-4-10(16)11(6-9)18-2/h3-4,6-8,15-16H,5H2,1-2H3,(H,14,17)/b13-7-/t8-/m1/s1. The Labute approximate surface area is 105 Å². The molecule has 18 heavy (non-hydrogen) atoms. The monoisotopic (exact) mass is 252 g/mol. The number of aromatic hydroxyl groups is 1. The number of hydrogen-bond acceptors (Lipinski definition) is 5. The molecule has 0 spiro atoms. The van der Waals surface area contributed by atoms with Crippen LogP contribution in [-0.4, -0.2) is 35.5 Å². The molecular weight excluding hydrogens is 236 g/mol. The Morgan fingerprint density at radius 1 is 1.61 bits per heavy atom. The molecule has 1 aromatic rings. The van der Waals surface area contributed by atoms with Crippen LogP contribution in [0.2, 0.25) is 0 Å². The number of amides is 1. The van der Waals surface area contributed by atoms with Gasteiger partial charge in [-0.05, 0) is 30.7 Å². The van der Waals surface area contributed by atoms with Gasteiger partial charge in [0.25, 0.3) is 0 Å². The summed E-state index contributed by atoms with van der Waals surface area (Å²) >= 11 is 0. The number of nitrogens with zero attached hydrogens (tertiary/aromatic N) is 1. The number of nitrogens with one attached hydrogen (secondary N) is 1. The lowest BCUT2D eigenvalue weighted by Gasteiger charge is -2.04. The fourth-order valence-electron chi connectivity index (χ4n) is 1.27. The minimum atomic E-state index is -0.700. The van der Waals surface area contributed by atoms with Crippen LogP contribution in [0.25, 0.3) is 0 Å². The molecule has 1 aromatic carbocycles. The number of aliphatic hydroxyl groups is 1. The van der Waals surface area contributed by atoms with Gasteiger partial charge in [0.1, 0.15) is 0 Å². The third-order valence-corrected chi connectivity index (χ3v) is 2.09. The second-order valence-electron chi connectivity index (χ2n) is 3.78. The highest BCUT2D eigenvalue weighted by atomic mass is 16.5. The van der Waals surface area contributed by atoms with Crippen LogP contribution in [0.3, 0.4) is 0 Å². The number of phenols is 1. The lowest BCUT2D eigenvalue weighted by Crippen LogP contribution is -2.21. The number of aliphatic hydroxyl groups excluding tert-OH is 1. The van der Waals surface area contributed by atoms with Gasteiger partial charge in [0, 0.05) is 0 Å². The Bertz CT molecular complexity index is 444. The highest BCUT2D eigenvalue weighted by Crippen LogP contribution is 2.25. The van der Waals surface area contributed by atoms with Crippen LogP contribution in [-0.2, 0) is 4.79 Å². The lowest BCUT2D eigenvalue weighted by atomic mass is 10.2. The fraction of sp³-hybridized carbons (Fsp3) is 0.333. The van der Waals surface area contributed by atoms with E-state index >= 15 is 0 Å². The Hall–Kier alpha value is -2.08. The first-order valence-electron chi connectivity index (χ1n) is 5.40. The van der Waals surface area contributed by atoms with Gasteiger partial charge in [0.15, 0.2) is 11.5 Å². The van der Waals surface area contributed by atoms with Gasteiger partial charge < -0.3 is 14.9 Å². The van der Waals surface area contributed by atoms with E-state index in [4.69, 9.17) is 9.84 Å². The Kier molecular flexibility index (Phi) is 5.13. The average Bonchev–Trinajstić information content (AvgIpc) is 2.30. The van der Waals surface area contributed by atoms with Crippen molar-refractivity contribution >= 4 is 12.1 Å². The molecule has 1 atom stereocenters. The fourth-order valence-corrected chi connectivity index (χ4v) is 1.27. The van der Waals surface area contributed by atoms with E-state index in [1.54, 1.807) is 12.1 Å². The molecule has 0 unspecified atom stereocenters. The predicted molar refractivity (Wildman–Crippen MR) is 66.7 cm³/mol. The number of rotatable bonds is 5. The number of hydrogen-bond donors (Lipinski definition) is 3. The van der Waals surface area contributed by atoms with E-state index < -0.39 is 6.10 Å². The van der Waals surface area contributed by atoms with E-state index in [0.29, 0.717) is 11.3 Å². The Balaban J connectivity index is 2.59. The van der Waals surface area contributed by atoms with E-state index in [2.05, 4.69) is 10.5 Å². The van der Waals surface area contributed by atoms with Gasteiger partial charge in [0.2, 0.25) is 5.91 Å². The molecule has 6 heteroatoms. The number of phenolic OH excluding ortho intramolecular Hbond substituents is 1. The second-order valence-corrected chi connectivity index (χ2v) is 3.78. The third-order valence-electron chi connectivity index (χ3n) is 2.09. The molecule has 0 heterocycles. The van der Waals surface area contributed by atoms with Crippen molar-refractivity contribution in [2.75, 3.05) is 7.11 Å². The molecule has 98 valence electrons. The molecule has 1 amide bonds. The minimum Gasteiger partial charge on any atom is -0.504 e. The van der Waals surface area contributed by atoms with Crippen molar-refractivity contribution in [2.45, 2.75) is 19.4 Å². The van der Waals surface area contributed by atoms with Crippen LogP contribution >= 0.6 is 0 Å². The highest BCUT2D eigenvalue weighted by molar-refractivity contribution is 5.83. The van der Waals surface area contributed by atoms with Crippen LogP contribution in [0.1, 0.15) is 18.9 Å². The van der Waals surface area contributed by atoms with Crippen LogP contribution in [0, 0.1) is 0 Å². The molecule has 0 aliphatic rings. The first-order valence-corrected chi connectivity index (χ1v) is 5.40. The summed E-state index contributed by atoms with van der Waals surface area (Å²) in [7, 11) is 1.44. The summed E-state index contributed by atoms with van der Waals surface area (Å²) in [4.78, 5) is 11.2. The maximum absolute atomic E-state index is 11.2. The molecule has 0 fully saturated rings. The van der Waals surface area contributed by atoms with Crippen molar-refractivity contribution in [3.63, 3.8) is 0 Å². The number of carbonyl (C=O) groups excluding carboxylic acids is 1. The Morgan fingerprint density at radius 3 is 2.94 bits per heavy atom. The van der Waals surface area contributed by atoms with Crippen molar-refractivity contribution in [2.24, 2.45) is 5.10 Å². The van der Waals surface area contributed by atoms with Gasteiger partial charge in [-0.15, -0.1) is 0 Å². The Morgan fingerprint density at radius 2 is 2.33 bits per heavy atom. The minimum absolute atomic E-state index is 0.00373. The predicted octanol–water partition coefficient (Wildman–Crippen LogP) is 0.622. The summed E-state index contributed by atoms with van der Waals surface area (Å²) < 4.78 is 4.93. The van der Waals surface area contributed by atoms with Gasteiger partial charge in [-0.3, -0.25) is 4.79 Å². The van der Waals surface area contributed by atoms with Crippen molar-refractivity contribution in [3.05, 3.63) is 23.8 Å². The average molecular weight is 252 g/mol. The number of methoxy groups -OCH3 is 1. The topological polar surface area (TPSA) is 91.2 Å². The van der Waals surface area contributed by atoms with Crippen LogP contribution < -0.4 is 10.2 Å². The number of hydrazone groups is 1. The van der Waals surface area contributed by atoms with Crippen LogP contribution in [0.4, 0.5) is 0 Å². The van der Waals surface area contributed by atoms with Crippen LogP contribution in [0.5, 0.6) is 11.5 Å². The van der Waals surface area contributed by atoms with Gasteiger partial charge in [-0.1, -0.05) is 0 Å². The summed E-state index contributed by atoms with van der Waals surface area (Å²) in [5.74, 6) is -0.00552. The summed E-state index contributed by atoms with van der Waals surface area (Å²) in [6.45, 7) is 1.52. The SMILES string of the molecule is COc1cc(/C=N\NC(=O)C[C@@H](C)O)ccc1O. The summed E-state index contributed by atoms with van der Waals surface area (Å²) in [5.41, 5.74) is 2.95. The molecule has 0 bridgehead atoms. The van der Waals surface area contributed by atoms with E-state index in [1.165, 1.54) is 26.3 Å². The van der Waals surface area contributed by atoms with E-state index in [1.807, 2.05) is 0 Å². The highest BCUT2D eigenvalue weighted by Gasteiger charge is 2.04. The maximum atomic E-state index is 11.2. The maximum Gasteiger partial charge on any atom is 0.242 e. The van der Waals surface area contributed by atoms with Gasteiger partial charge in [-0.25, -0.2) is 5.43 Å². The lowest BCUT2D eigenvalue weighted by molar-refractivity contribution is -0.122. The summed E-state index contributed by atoms with van der Waals surface area (Å²) in [6, 6.07) is 4.68. The molecule has 0 aromatic heterocycles. The third kappa shape index (κ3) is 4.42. The zero-order valence-electron chi connectivity index (χ0n) is 10.3. The molecule has 0 radical (unpaired) electrons. The first kappa shape index (κ1) is 14.0. The smallest absolute Gasteiger partial charge is 0.242 e. The molecule has 0 saturated heterocycles. The van der Waals surface area contributed by atoms with Crippen molar-refractivity contribution < 1.29 is 19.7 Å². The van der Waals surface area contributed by atoms with E-state index in [0.717, 1.165) is 0 Å². The van der Waals surface area contributed by atoms with E-state index in [9.17, 15) is 9.90 Å². The van der Waals surface area contributed by atoms with E-state index in [-0.39, 0.29) is 18.1 Å². The van der Waals surface area contributed by atoms with Gasteiger partial charge in [0.05, 0.1) is 25.8 Å². The first-order chi connectivity index (χ1) is 8.52. The number of ether oxygens (including phenoxy) is 1. The molecule has 0 aliphatic heterocycles. The summed E-state index contributed by atoms with van der Waals surface area (Å²) in [5, 5.41) is 22.1. The molecule has 3 N–H and O–H groups in total. The molecule has 0 aliphatic carbocycles.